The number of phenols is 1. The minimum absolute atomic E-state index is 0.0808. The lowest BCUT2D eigenvalue weighted by Gasteiger charge is -2.34. The standard InChI is InChI=1S/C24H39N3O6/c1-7-9-13-25-21(30)19(17-12-10-11-16(3)20(17)29)27(14-8-2)22(31)18(15-28)26-23(32)33-24(4,5)6/h10-12,18-19,28-29H,7-9,13-15H2,1-6H3,(H,25,30)(H,26,32). The summed E-state index contributed by atoms with van der Waals surface area (Å²) >= 11 is 0. The highest BCUT2D eigenvalue weighted by atomic mass is 16.6. The third-order valence-corrected chi connectivity index (χ3v) is 4.87. The number of unbranched alkanes of at least 4 members (excludes halogenated alkanes) is 1. The van der Waals surface area contributed by atoms with E-state index in [0.29, 0.717) is 18.5 Å². The molecular weight excluding hydrogens is 426 g/mol. The highest BCUT2D eigenvalue weighted by Crippen LogP contribution is 2.32. The Balaban J connectivity index is 3.35. The molecule has 186 valence electrons. The van der Waals surface area contributed by atoms with E-state index in [1.165, 1.54) is 4.90 Å². The van der Waals surface area contributed by atoms with Gasteiger partial charge in [-0.05, 0) is 46.1 Å². The number of benzene rings is 1. The monoisotopic (exact) mass is 465 g/mol. The smallest absolute Gasteiger partial charge is 0.408 e. The molecule has 1 rings (SSSR count). The highest BCUT2D eigenvalue weighted by Gasteiger charge is 2.37. The van der Waals surface area contributed by atoms with Crippen LogP contribution in [0.5, 0.6) is 5.75 Å². The lowest BCUT2D eigenvalue weighted by atomic mass is 9.99. The van der Waals surface area contributed by atoms with Crippen molar-refractivity contribution >= 4 is 17.9 Å². The predicted octanol–water partition coefficient (Wildman–Crippen LogP) is 2.78. The molecule has 3 amide bonds. The Kier molecular flexibility index (Phi) is 11.1. The SMILES string of the molecule is CCCCNC(=O)C(c1cccc(C)c1O)N(CCC)C(=O)C(CO)NC(=O)OC(C)(C)C. The fourth-order valence-corrected chi connectivity index (χ4v) is 3.28. The molecule has 2 atom stereocenters. The number of rotatable bonds is 11. The average Bonchev–Trinajstić information content (AvgIpc) is 2.73. The molecule has 0 aliphatic carbocycles. The van der Waals surface area contributed by atoms with Crippen LogP contribution in [0.25, 0.3) is 0 Å². The number of aromatic hydroxyl groups is 1. The van der Waals surface area contributed by atoms with E-state index in [4.69, 9.17) is 4.74 Å². The first kappa shape index (κ1) is 28.2. The number of aliphatic hydroxyl groups excluding tert-OH is 1. The van der Waals surface area contributed by atoms with Gasteiger partial charge < -0.3 is 30.5 Å². The van der Waals surface area contributed by atoms with Crippen molar-refractivity contribution < 1.29 is 29.3 Å². The third kappa shape index (κ3) is 8.57. The van der Waals surface area contributed by atoms with Gasteiger partial charge in [0.15, 0.2) is 0 Å². The molecule has 0 spiro atoms. The fourth-order valence-electron chi connectivity index (χ4n) is 3.28. The minimum Gasteiger partial charge on any atom is -0.507 e. The van der Waals surface area contributed by atoms with Gasteiger partial charge in [-0.15, -0.1) is 0 Å². The molecule has 2 unspecified atom stereocenters. The van der Waals surface area contributed by atoms with Gasteiger partial charge in [-0.2, -0.15) is 0 Å². The maximum atomic E-state index is 13.4. The molecule has 1 aromatic rings. The van der Waals surface area contributed by atoms with Crippen molar-refractivity contribution in [2.75, 3.05) is 19.7 Å². The number of nitrogens with one attached hydrogen (secondary N) is 2. The Morgan fingerprint density at radius 2 is 1.82 bits per heavy atom. The summed E-state index contributed by atoms with van der Waals surface area (Å²) in [5, 5.41) is 25.8. The molecule has 0 bridgehead atoms. The second-order valence-electron chi connectivity index (χ2n) is 8.97. The quantitative estimate of drug-likeness (QED) is 0.372. The number of hydrogen-bond acceptors (Lipinski definition) is 6. The maximum absolute atomic E-state index is 13.4. The normalized spacial score (nSPS) is 13.1. The van der Waals surface area contributed by atoms with Crippen LogP contribution in [0.1, 0.15) is 71.0 Å². The van der Waals surface area contributed by atoms with Crippen LogP contribution in [0, 0.1) is 6.92 Å². The van der Waals surface area contributed by atoms with E-state index < -0.39 is 42.2 Å². The minimum atomic E-state index is -1.32. The first-order chi connectivity index (χ1) is 15.5. The van der Waals surface area contributed by atoms with Gasteiger partial charge in [-0.25, -0.2) is 4.79 Å². The average molecular weight is 466 g/mol. The number of aliphatic hydroxyl groups is 1. The van der Waals surface area contributed by atoms with Gasteiger partial charge in [-0.3, -0.25) is 9.59 Å². The Morgan fingerprint density at radius 1 is 1.15 bits per heavy atom. The molecular formula is C24H39N3O6. The number of para-hydroxylation sites is 1. The first-order valence-corrected chi connectivity index (χ1v) is 11.4. The van der Waals surface area contributed by atoms with Crippen molar-refractivity contribution in [1.29, 1.82) is 0 Å². The zero-order valence-electron chi connectivity index (χ0n) is 20.6. The van der Waals surface area contributed by atoms with Crippen molar-refractivity contribution in [3.8, 4) is 5.75 Å². The second kappa shape index (κ2) is 13.0. The van der Waals surface area contributed by atoms with Crippen LogP contribution < -0.4 is 10.6 Å². The topological polar surface area (TPSA) is 128 Å². The van der Waals surface area contributed by atoms with Crippen molar-refractivity contribution in [3.05, 3.63) is 29.3 Å². The van der Waals surface area contributed by atoms with Gasteiger partial charge in [0.05, 0.1) is 6.61 Å². The largest absolute Gasteiger partial charge is 0.507 e. The molecule has 9 nitrogen and oxygen atoms in total. The molecule has 0 saturated carbocycles. The van der Waals surface area contributed by atoms with E-state index >= 15 is 0 Å². The van der Waals surface area contributed by atoms with Crippen LogP contribution in [-0.2, 0) is 14.3 Å². The number of amides is 3. The van der Waals surface area contributed by atoms with E-state index in [9.17, 15) is 24.6 Å². The van der Waals surface area contributed by atoms with Gasteiger partial charge in [0.25, 0.3) is 0 Å². The van der Waals surface area contributed by atoms with Gasteiger partial charge in [0.2, 0.25) is 11.8 Å². The van der Waals surface area contributed by atoms with Crippen molar-refractivity contribution in [2.24, 2.45) is 0 Å². The summed E-state index contributed by atoms with van der Waals surface area (Å²) < 4.78 is 5.20. The number of aryl methyl sites for hydroxylation is 1. The third-order valence-electron chi connectivity index (χ3n) is 4.87. The summed E-state index contributed by atoms with van der Waals surface area (Å²) in [6, 6.07) is 2.55. The van der Waals surface area contributed by atoms with Crippen LogP contribution in [0.3, 0.4) is 0 Å². The number of carbonyl (C=O) groups is 3. The van der Waals surface area contributed by atoms with E-state index in [0.717, 1.165) is 12.8 Å². The zero-order chi connectivity index (χ0) is 25.2. The number of ether oxygens (including phenoxy) is 1. The van der Waals surface area contributed by atoms with Gasteiger partial charge in [-0.1, -0.05) is 38.5 Å². The summed E-state index contributed by atoms with van der Waals surface area (Å²) in [5.41, 5.74) is 0.0544. The highest BCUT2D eigenvalue weighted by molar-refractivity contribution is 5.92. The lowest BCUT2D eigenvalue weighted by Crippen LogP contribution is -2.54. The summed E-state index contributed by atoms with van der Waals surface area (Å²) in [6.07, 6.45) is 1.31. The Labute approximate surface area is 196 Å². The Bertz CT molecular complexity index is 806. The number of nitrogens with zero attached hydrogens (tertiary/aromatic N) is 1. The van der Waals surface area contributed by atoms with Crippen LogP contribution in [0.15, 0.2) is 18.2 Å². The second-order valence-corrected chi connectivity index (χ2v) is 8.97. The molecule has 4 N–H and O–H groups in total. The van der Waals surface area contributed by atoms with E-state index in [2.05, 4.69) is 10.6 Å². The van der Waals surface area contributed by atoms with Crippen molar-refractivity contribution in [1.82, 2.24) is 15.5 Å². The zero-order valence-corrected chi connectivity index (χ0v) is 20.6. The Morgan fingerprint density at radius 3 is 2.36 bits per heavy atom. The summed E-state index contributed by atoms with van der Waals surface area (Å²) in [7, 11) is 0. The number of phenolic OH excluding ortho intramolecular Hbond substituents is 1. The Hall–Kier alpha value is -2.81. The summed E-state index contributed by atoms with van der Waals surface area (Å²) in [4.78, 5) is 40.2. The maximum Gasteiger partial charge on any atom is 0.408 e. The van der Waals surface area contributed by atoms with Gasteiger partial charge >= 0.3 is 6.09 Å². The molecule has 9 heteroatoms. The van der Waals surface area contributed by atoms with E-state index in [-0.39, 0.29) is 17.9 Å². The van der Waals surface area contributed by atoms with Crippen molar-refractivity contribution in [3.63, 3.8) is 0 Å². The van der Waals surface area contributed by atoms with Crippen LogP contribution >= 0.6 is 0 Å². The van der Waals surface area contributed by atoms with E-state index in [1.807, 2.05) is 13.8 Å². The first-order valence-electron chi connectivity index (χ1n) is 11.4. The van der Waals surface area contributed by atoms with Crippen LogP contribution in [0.2, 0.25) is 0 Å². The van der Waals surface area contributed by atoms with Crippen LogP contribution in [-0.4, -0.2) is 64.4 Å². The van der Waals surface area contributed by atoms with Gasteiger partial charge in [0.1, 0.15) is 23.4 Å². The molecule has 1 aromatic carbocycles. The fraction of sp³-hybridized carbons (Fsp3) is 0.625. The molecule has 0 fully saturated rings. The van der Waals surface area contributed by atoms with Crippen LogP contribution in [0.4, 0.5) is 4.79 Å². The molecule has 0 aliphatic rings. The molecule has 0 saturated heterocycles. The van der Waals surface area contributed by atoms with Gasteiger partial charge in [0, 0.05) is 18.7 Å². The number of alkyl carbamates (subject to hydrolysis) is 1. The van der Waals surface area contributed by atoms with Crippen molar-refractivity contribution in [2.45, 2.75) is 78.5 Å². The summed E-state index contributed by atoms with van der Waals surface area (Å²) in [6.45, 7) is 10.5. The number of carbonyl (C=O) groups excluding carboxylic acids is 3. The molecule has 0 heterocycles. The molecule has 0 aliphatic heterocycles. The lowest BCUT2D eigenvalue weighted by molar-refractivity contribution is -0.143. The molecule has 0 radical (unpaired) electrons. The number of hydrogen-bond donors (Lipinski definition) is 4. The van der Waals surface area contributed by atoms with E-state index in [1.54, 1.807) is 45.9 Å². The molecule has 0 aromatic heterocycles. The molecule has 33 heavy (non-hydrogen) atoms. The summed E-state index contributed by atoms with van der Waals surface area (Å²) in [5.74, 6) is -1.18. The predicted molar refractivity (Wildman–Crippen MR) is 126 cm³/mol.